The van der Waals surface area contributed by atoms with E-state index in [0.717, 1.165) is 12.0 Å². The zero-order valence-electron chi connectivity index (χ0n) is 9.24. The molecule has 0 aliphatic heterocycles. The van der Waals surface area contributed by atoms with Crippen molar-refractivity contribution in [2.75, 3.05) is 7.11 Å². The van der Waals surface area contributed by atoms with Gasteiger partial charge in [0.15, 0.2) is 0 Å². The van der Waals surface area contributed by atoms with Crippen LogP contribution in [0.1, 0.15) is 30.9 Å². The number of aryl methyl sites for hydroxylation is 1. The second-order valence-electron chi connectivity index (χ2n) is 3.43. The van der Waals surface area contributed by atoms with Crippen LogP contribution in [0.4, 0.5) is 0 Å². The molecule has 1 rings (SSSR count). The zero-order valence-corrected chi connectivity index (χ0v) is 9.24. The molecule has 0 aromatic heterocycles. The Kier molecular flexibility index (Phi) is 3.56. The molecule has 15 heavy (non-hydrogen) atoms. The smallest absolute Gasteiger partial charge is 0.125 e. The molecule has 0 bridgehead atoms. The van der Waals surface area contributed by atoms with Gasteiger partial charge in [0.2, 0.25) is 0 Å². The van der Waals surface area contributed by atoms with Crippen LogP contribution in [0, 0.1) is 11.3 Å². The van der Waals surface area contributed by atoms with E-state index in [1.54, 1.807) is 20.1 Å². The molecule has 0 aliphatic carbocycles. The fraction of sp³-hybridized carbons (Fsp3) is 0.417. The lowest BCUT2D eigenvalue weighted by molar-refractivity contribution is 0.401. The fourth-order valence-corrected chi connectivity index (χ4v) is 1.52. The van der Waals surface area contributed by atoms with Crippen molar-refractivity contribution in [3.8, 4) is 17.6 Å². The van der Waals surface area contributed by atoms with Crippen molar-refractivity contribution in [1.82, 2.24) is 0 Å². The van der Waals surface area contributed by atoms with Gasteiger partial charge in [0.25, 0.3) is 0 Å². The van der Waals surface area contributed by atoms with Crippen LogP contribution in [0.5, 0.6) is 11.5 Å². The largest absolute Gasteiger partial charge is 0.507 e. The molecular formula is C12H15NO2. The van der Waals surface area contributed by atoms with Crippen LogP contribution < -0.4 is 4.74 Å². The Bertz CT molecular complexity index is 393. The first-order chi connectivity index (χ1) is 7.13. The van der Waals surface area contributed by atoms with Gasteiger partial charge in [0.1, 0.15) is 11.5 Å². The van der Waals surface area contributed by atoms with Crippen LogP contribution in [0.3, 0.4) is 0 Å². The number of ether oxygens (including phenoxy) is 1. The Labute approximate surface area is 89.9 Å². The fourth-order valence-electron chi connectivity index (χ4n) is 1.52. The summed E-state index contributed by atoms with van der Waals surface area (Å²) in [7, 11) is 1.57. The lowest BCUT2D eigenvalue weighted by atomic mass is 9.97. The number of benzene rings is 1. The number of hydrogen-bond acceptors (Lipinski definition) is 3. The van der Waals surface area contributed by atoms with Gasteiger partial charge < -0.3 is 9.84 Å². The normalized spacial score (nSPS) is 11.9. The van der Waals surface area contributed by atoms with Gasteiger partial charge in [-0.2, -0.15) is 5.26 Å². The summed E-state index contributed by atoms with van der Waals surface area (Å²) in [6.07, 6.45) is 0.814. The molecule has 1 unspecified atom stereocenters. The minimum Gasteiger partial charge on any atom is -0.507 e. The van der Waals surface area contributed by atoms with Gasteiger partial charge in [-0.05, 0) is 25.0 Å². The van der Waals surface area contributed by atoms with Crippen LogP contribution >= 0.6 is 0 Å². The molecule has 0 fully saturated rings. The van der Waals surface area contributed by atoms with E-state index in [4.69, 9.17) is 10.00 Å². The highest BCUT2D eigenvalue weighted by molar-refractivity contribution is 5.48. The van der Waals surface area contributed by atoms with Crippen molar-refractivity contribution >= 4 is 0 Å². The molecule has 3 nitrogen and oxygen atoms in total. The summed E-state index contributed by atoms with van der Waals surface area (Å²) < 4.78 is 5.14. The highest BCUT2D eigenvalue weighted by Crippen LogP contribution is 2.32. The number of methoxy groups -OCH3 is 1. The molecule has 1 aromatic rings. The lowest BCUT2D eigenvalue weighted by Gasteiger charge is -2.12. The Hall–Kier alpha value is -1.69. The molecule has 0 saturated carbocycles. The van der Waals surface area contributed by atoms with Gasteiger partial charge >= 0.3 is 0 Å². The third kappa shape index (κ3) is 2.21. The second kappa shape index (κ2) is 4.70. The molecule has 0 radical (unpaired) electrons. The molecule has 0 heterocycles. The molecule has 0 aliphatic rings. The van der Waals surface area contributed by atoms with Crippen LogP contribution in [0.25, 0.3) is 0 Å². The topological polar surface area (TPSA) is 53.2 Å². The van der Waals surface area contributed by atoms with Crippen molar-refractivity contribution in [1.29, 1.82) is 5.26 Å². The standard InChI is InChI=1S/C12H15NO2/c1-4-9-5-10(8(2)7-13)11(14)6-12(9)15-3/h5-6,8,14H,4H2,1-3H3. The highest BCUT2D eigenvalue weighted by atomic mass is 16.5. The van der Waals surface area contributed by atoms with Gasteiger partial charge in [-0.1, -0.05) is 6.92 Å². The number of phenols is 1. The Morgan fingerprint density at radius 2 is 2.20 bits per heavy atom. The average molecular weight is 205 g/mol. The number of nitriles is 1. The van der Waals surface area contributed by atoms with E-state index in [9.17, 15) is 5.11 Å². The Balaban J connectivity index is 3.27. The predicted molar refractivity (Wildman–Crippen MR) is 58.1 cm³/mol. The maximum atomic E-state index is 9.71. The summed E-state index contributed by atoms with van der Waals surface area (Å²) in [5.74, 6) is 0.489. The van der Waals surface area contributed by atoms with Gasteiger partial charge in [-0.25, -0.2) is 0 Å². The molecule has 1 atom stereocenters. The molecular weight excluding hydrogens is 190 g/mol. The van der Waals surface area contributed by atoms with E-state index in [1.165, 1.54) is 0 Å². The van der Waals surface area contributed by atoms with E-state index in [0.29, 0.717) is 11.3 Å². The molecule has 1 N–H and O–H groups in total. The quantitative estimate of drug-likeness (QED) is 0.825. The molecule has 0 saturated heterocycles. The summed E-state index contributed by atoms with van der Waals surface area (Å²) in [5, 5.41) is 18.5. The number of aromatic hydroxyl groups is 1. The highest BCUT2D eigenvalue weighted by Gasteiger charge is 2.13. The molecule has 1 aromatic carbocycles. The van der Waals surface area contributed by atoms with E-state index >= 15 is 0 Å². The van der Waals surface area contributed by atoms with Gasteiger partial charge in [-0.3, -0.25) is 0 Å². The third-order valence-corrected chi connectivity index (χ3v) is 2.47. The first-order valence-electron chi connectivity index (χ1n) is 4.93. The third-order valence-electron chi connectivity index (χ3n) is 2.47. The first-order valence-corrected chi connectivity index (χ1v) is 4.93. The summed E-state index contributed by atoms with van der Waals surface area (Å²) in [5.41, 5.74) is 1.67. The van der Waals surface area contributed by atoms with Crippen LogP contribution in [0.15, 0.2) is 12.1 Å². The lowest BCUT2D eigenvalue weighted by Crippen LogP contribution is -1.96. The summed E-state index contributed by atoms with van der Waals surface area (Å²) in [6.45, 7) is 3.77. The van der Waals surface area contributed by atoms with Crippen LogP contribution in [0.2, 0.25) is 0 Å². The minimum absolute atomic E-state index is 0.123. The molecule has 0 amide bonds. The van der Waals surface area contributed by atoms with Gasteiger partial charge in [0.05, 0.1) is 19.1 Å². The summed E-state index contributed by atoms with van der Waals surface area (Å²) in [6, 6.07) is 5.52. The average Bonchev–Trinajstić information content (AvgIpc) is 2.27. The SMILES string of the molecule is CCc1cc(C(C)C#N)c(O)cc1OC. The minimum atomic E-state index is -0.304. The summed E-state index contributed by atoms with van der Waals surface area (Å²) >= 11 is 0. The number of rotatable bonds is 3. The molecule has 3 heteroatoms. The zero-order chi connectivity index (χ0) is 11.4. The van der Waals surface area contributed by atoms with E-state index in [-0.39, 0.29) is 11.7 Å². The first kappa shape index (κ1) is 11.4. The van der Waals surface area contributed by atoms with Crippen molar-refractivity contribution in [2.45, 2.75) is 26.2 Å². The second-order valence-corrected chi connectivity index (χ2v) is 3.43. The monoisotopic (exact) mass is 205 g/mol. The van der Waals surface area contributed by atoms with Crippen molar-refractivity contribution < 1.29 is 9.84 Å². The van der Waals surface area contributed by atoms with Crippen molar-refractivity contribution in [2.24, 2.45) is 0 Å². The number of hydrogen-bond donors (Lipinski definition) is 1. The Morgan fingerprint density at radius 3 is 2.67 bits per heavy atom. The van der Waals surface area contributed by atoms with Gasteiger partial charge in [0, 0.05) is 11.6 Å². The Morgan fingerprint density at radius 1 is 1.53 bits per heavy atom. The summed E-state index contributed by atoms with van der Waals surface area (Å²) in [4.78, 5) is 0. The van der Waals surface area contributed by atoms with Crippen LogP contribution in [-0.2, 0) is 6.42 Å². The van der Waals surface area contributed by atoms with Crippen molar-refractivity contribution in [3.05, 3.63) is 23.3 Å². The van der Waals surface area contributed by atoms with E-state index in [2.05, 4.69) is 6.07 Å². The maximum absolute atomic E-state index is 9.71. The predicted octanol–water partition coefficient (Wildman–Crippen LogP) is 2.59. The number of phenolic OH excluding ortho intramolecular Hbond substituents is 1. The van der Waals surface area contributed by atoms with Crippen LogP contribution in [-0.4, -0.2) is 12.2 Å². The van der Waals surface area contributed by atoms with E-state index < -0.39 is 0 Å². The number of nitrogens with zero attached hydrogens (tertiary/aromatic N) is 1. The van der Waals surface area contributed by atoms with E-state index in [1.807, 2.05) is 13.0 Å². The van der Waals surface area contributed by atoms with Gasteiger partial charge in [-0.15, -0.1) is 0 Å². The molecule has 80 valence electrons. The van der Waals surface area contributed by atoms with Crippen molar-refractivity contribution in [3.63, 3.8) is 0 Å². The molecule has 0 spiro atoms. The maximum Gasteiger partial charge on any atom is 0.125 e.